The molecule has 0 bridgehead atoms. The number of fused-ring (bicyclic) bond motifs is 1. The SMILES string of the molecule is COC(=O)c1ccccc1C(=O)N1C[C@H](Oc2ccnc3ocnc23)CC[C@H]1C. The summed E-state index contributed by atoms with van der Waals surface area (Å²) in [4.78, 5) is 35.3. The first-order valence-electron chi connectivity index (χ1n) is 9.41. The van der Waals surface area contributed by atoms with Crippen LogP contribution in [0.15, 0.2) is 47.3 Å². The molecule has 150 valence electrons. The molecule has 1 aliphatic rings. The van der Waals surface area contributed by atoms with E-state index in [4.69, 9.17) is 13.9 Å². The maximum atomic E-state index is 13.2. The highest BCUT2D eigenvalue weighted by atomic mass is 16.5. The Balaban J connectivity index is 1.56. The fraction of sp³-hybridized carbons (Fsp3) is 0.333. The van der Waals surface area contributed by atoms with E-state index >= 15 is 0 Å². The van der Waals surface area contributed by atoms with E-state index in [2.05, 4.69) is 9.97 Å². The van der Waals surface area contributed by atoms with Gasteiger partial charge in [-0.3, -0.25) is 4.79 Å². The highest BCUT2D eigenvalue weighted by Gasteiger charge is 2.32. The number of pyridine rings is 1. The maximum Gasteiger partial charge on any atom is 0.338 e. The number of oxazole rings is 1. The Morgan fingerprint density at radius 3 is 2.72 bits per heavy atom. The molecule has 8 nitrogen and oxygen atoms in total. The quantitative estimate of drug-likeness (QED) is 0.627. The standard InChI is InChI=1S/C21H21N3O5/c1-13-7-8-14(29-17-9-10-22-19-18(17)23-12-28-19)11-24(13)20(25)15-5-3-4-6-16(15)21(26)27-2/h3-6,9-10,12-14H,7-8,11H2,1-2H3/t13-,14-/m1/s1. The monoisotopic (exact) mass is 395 g/mol. The van der Waals surface area contributed by atoms with Crippen molar-refractivity contribution in [3.8, 4) is 5.75 Å². The lowest BCUT2D eigenvalue weighted by Crippen LogP contribution is -2.49. The number of ether oxygens (including phenoxy) is 2. The molecule has 0 spiro atoms. The summed E-state index contributed by atoms with van der Waals surface area (Å²) in [6, 6.07) is 8.45. The number of amides is 1. The van der Waals surface area contributed by atoms with Gasteiger partial charge in [-0.2, -0.15) is 0 Å². The fourth-order valence-electron chi connectivity index (χ4n) is 3.59. The molecular weight excluding hydrogens is 374 g/mol. The average molecular weight is 395 g/mol. The highest BCUT2D eigenvalue weighted by molar-refractivity contribution is 6.05. The van der Waals surface area contributed by atoms with Crippen LogP contribution in [0.3, 0.4) is 0 Å². The Labute approximate surface area is 167 Å². The number of carbonyl (C=O) groups excluding carboxylic acids is 2. The van der Waals surface area contributed by atoms with Crippen LogP contribution in [0.1, 0.15) is 40.5 Å². The Bertz CT molecular complexity index is 1050. The molecule has 2 aromatic heterocycles. The van der Waals surface area contributed by atoms with Crippen molar-refractivity contribution in [1.82, 2.24) is 14.9 Å². The molecule has 1 aliphatic heterocycles. The van der Waals surface area contributed by atoms with Crippen molar-refractivity contribution in [1.29, 1.82) is 0 Å². The first kappa shape index (κ1) is 18.9. The molecule has 0 unspecified atom stereocenters. The summed E-state index contributed by atoms with van der Waals surface area (Å²) >= 11 is 0. The Morgan fingerprint density at radius 1 is 1.14 bits per heavy atom. The number of hydrogen-bond donors (Lipinski definition) is 0. The lowest BCUT2D eigenvalue weighted by Gasteiger charge is -2.38. The normalized spacial score (nSPS) is 19.2. The van der Waals surface area contributed by atoms with Gasteiger partial charge in [-0.15, -0.1) is 0 Å². The minimum absolute atomic E-state index is 0.0255. The summed E-state index contributed by atoms with van der Waals surface area (Å²) in [5.74, 6) is -0.171. The minimum atomic E-state index is -0.531. The van der Waals surface area contributed by atoms with Crippen LogP contribution < -0.4 is 4.74 Å². The number of piperidine rings is 1. The Hall–Kier alpha value is -3.42. The van der Waals surface area contributed by atoms with Gasteiger partial charge in [0.2, 0.25) is 0 Å². The Kier molecular flexibility index (Phi) is 5.16. The third-order valence-electron chi connectivity index (χ3n) is 5.16. The fourth-order valence-corrected chi connectivity index (χ4v) is 3.59. The summed E-state index contributed by atoms with van der Waals surface area (Å²) in [6.07, 6.45) is 4.30. The molecule has 0 aliphatic carbocycles. The van der Waals surface area contributed by atoms with E-state index in [1.807, 2.05) is 6.92 Å². The smallest absolute Gasteiger partial charge is 0.338 e. The van der Waals surface area contributed by atoms with Crippen molar-refractivity contribution in [3.05, 3.63) is 54.0 Å². The first-order chi connectivity index (χ1) is 14.1. The molecular formula is C21H21N3O5. The predicted octanol–water partition coefficient (Wildman–Crippen LogP) is 3.08. The van der Waals surface area contributed by atoms with E-state index in [9.17, 15) is 9.59 Å². The van der Waals surface area contributed by atoms with E-state index < -0.39 is 5.97 Å². The van der Waals surface area contributed by atoms with Crippen LogP contribution in [0.4, 0.5) is 0 Å². The van der Waals surface area contributed by atoms with Gasteiger partial charge in [-0.1, -0.05) is 12.1 Å². The largest absolute Gasteiger partial charge is 0.486 e. The van der Waals surface area contributed by atoms with Crippen LogP contribution >= 0.6 is 0 Å². The summed E-state index contributed by atoms with van der Waals surface area (Å²) in [6.45, 7) is 2.40. The molecule has 3 aromatic rings. The van der Waals surface area contributed by atoms with E-state index in [1.54, 1.807) is 41.4 Å². The van der Waals surface area contributed by atoms with E-state index in [1.165, 1.54) is 13.5 Å². The van der Waals surface area contributed by atoms with Gasteiger partial charge in [0.05, 0.1) is 24.8 Å². The molecule has 8 heteroatoms. The number of aromatic nitrogens is 2. The van der Waals surface area contributed by atoms with Gasteiger partial charge in [0, 0.05) is 18.3 Å². The predicted molar refractivity (Wildman–Crippen MR) is 104 cm³/mol. The molecule has 0 N–H and O–H groups in total. The van der Waals surface area contributed by atoms with Crippen molar-refractivity contribution < 1.29 is 23.5 Å². The van der Waals surface area contributed by atoms with Crippen LogP contribution in [0.2, 0.25) is 0 Å². The van der Waals surface area contributed by atoms with E-state index in [0.29, 0.717) is 29.1 Å². The summed E-state index contributed by atoms with van der Waals surface area (Å²) in [5.41, 5.74) is 1.55. The van der Waals surface area contributed by atoms with Crippen LogP contribution in [0.5, 0.6) is 5.75 Å². The Morgan fingerprint density at radius 2 is 1.93 bits per heavy atom. The van der Waals surface area contributed by atoms with Gasteiger partial charge in [0.15, 0.2) is 17.7 Å². The number of nitrogens with zero attached hydrogens (tertiary/aromatic N) is 3. The second-order valence-electron chi connectivity index (χ2n) is 6.98. The number of rotatable bonds is 4. The van der Waals surface area contributed by atoms with Gasteiger partial charge in [-0.25, -0.2) is 14.8 Å². The topological polar surface area (TPSA) is 94.8 Å². The zero-order chi connectivity index (χ0) is 20.4. The lowest BCUT2D eigenvalue weighted by molar-refractivity contribution is 0.0381. The summed E-state index contributed by atoms with van der Waals surface area (Å²) in [5, 5.41) is 0. The van der Waals surface area contributed by atoms with Crippen molar-refractivity contribution in [2.24, 2.45) is 0 Å². The zero-order valence-electron chi connectivity index (χ0n) is 16.2. The van der Waals surface area contributed by atoms with Gasteiger partial charge >= 0.3 is 5.97 Å². The number of likely N-dealkylation sites (tertiary alicyclic amines) is 1. The second-order valence-corrected chi connectivity index (χ2v) is 6.98. The van der Waals surface area contributed by atoms with Gasteiger partial charge in [0.1, 0.15) is 6.10 Å². The molecule has 4 rings (SSSR count). The van der Waals surface area contributed by atoms with Gasteiger partial charge < -0.3 is 18.8 Å². The highest BCUT2D eigenvalue weighted by Crippen LogP contribution is 2.28. The third-order valence-corrected chi connectivity index (χ3v) is 5.16. The van der Waals surface area contributed by atoms with Crippen LogP contribution in [0, 0.1) is 0 Å². The second kappa shape index (κ2) is 7.90. The minimum Gasteiger partial charge on any atom is -0.486 e. The van der Waals surface area contributed by atoms with Gasteiger partial charge in [-0.05, 0) is 31.9 Å². The van der Waals surface area contributed by atoms with Gasteiger partial charge in [0.25, 0.3) is 11.6 Å². The molecule has 1 fully saturated rings. The van der Waals surface area contributed by atoms with Crippen molar-refractivity contribution in [2.75, 3.05) is 13.7 Å². The third kappa shape index (κ3) is 3.65. The molecule has 1 amide bonds. The maximum absolute atomic E-state index is 13.2. The van der Waals surface area contributed by atoms with Crippen LogP contribution in [-0.2, 0) is 4.74 Å². The average Bonchev–Trinajstić information content (AvgIpc) is 3.24. The zero-order valence-corrected chi connectivity index (χ0v) is 16.2. The van der Waals surface area contributed by atoms with Crippen LogP contribution in [0.25, 0.3) is 11.2 Å². The van der Waals surface area contributed by atoms with Crippen molar-refractivity contribution in [3.63, 3.8) is 0 Å². The molecule has 1 aromatic carbocycles. The number of esters is 1. The van der Waals surface area contributed by atoms with Crippen molar-refractivity contribution >= 4 is 23.1 Å². The molecule has 3 heterocycles. The van der Waals surface area contributed by atoms with E-state index in [0.717, 1.165) is 12.8 Å². The van der Waals surface area contributed by atoms with Crippen molar-refractivity contribution in [2.45, 2.75) is 31.9 Å². The molecule has 2 atom stereocenters. The molecule has 0 radical (unpaired) electrons. The summed E-state index contributed by atoms with van der Waals surface area (Å²) in [7, 11) is 1.30. The molecule has 29 heavy (non-hydrogen) atoms. The lowest BCUT2D eigenvalue weighted by atomic mass is 9.98. The number of carbonyl (C=O) groups is 2. The van der Waals surface area contributed by atoms with Crippen LogP contribution in [-0.4, -0.2) is 52.5 Å². The summed E-state index contributed by atoms with van der Waals surface area (Å²) < 4.78 is 16.2. The number of hydrogen-bond acceptors (Lipinski definition) is 7. The number of benzene rings is 1. The first-order valence-corrected chi connectivity index (χ1v) is 9.41. The number of methoxy groups -OCH3 is 1. The molecule has 1 saturated heterocycles. The van der Waals surface area contributed by atoms with E-state index in [-0.39, 0.29) is 23.6 Å². The molecule has 0 saturated carbocycles.